The molecule has 1 heterocycles. The number of anilines is 2. The average Bonchev–Trinajstić information content (AvgIpc) is 2.87. The predicted octanol–water partition coefficient (Wildman–Crippen LogP) is 4.95. The molecule has 2 amide bonds. The number of benzene rings is 3. The molecule has 0 saturated heterocycles. The summed E-state index contributed by atoms with van der Waals surface area (Å²) >= 11 is 0. The van der Waals surface area contributed by atoms with E-state index in [2.05, 4.69) is 10.6 Å². The Morgan fingerprint density at radius 2 is 1.44 bits per heavy atom. The number of para-hydroxylation sites is 2. The van der Waals surface area contributed by atoms with Gasteiger partial charge in [-0.1, -0.05) is 42.5 Å². The van der Waals surface area contributed by atoms with Gasteiger partial charge in [0.25, 0.3) is 10.0 Å². The van der Waals surface area contributed by atoms with Crippen LogP contribution in [0.25, 0.3) is 0 Å². The number of alkyl halides is 6. The van der Waals surface area contributed by atoms with Gasteiger partial charge in [0.05, 0.1) is 33.8 Å². The summed E-state index contributed by atoms with van der Waals surface area (Å²) < 4.78 is 108. The molecule has 1 aliphatic rings. The molecule has 0 fully saturated rings. The molecule has 3 aromatic carbocycles. The first-order chi connectivity index (χ1) is 18.2. The van der Waals surface area contributed by atoms with E-state index in [1.165, 1.54) is 24.3 Å². The smallest absolute Gasteiger partial charge is 0.352 e. The maximum absolute atomic E-state index is 13.7. The number of sulfonamides is 1. The molecule has 0 bridgehead atoms. The lowest BCUT2D eigenvalue weighted by Crippen LogP contribution is -2.52. The van der Waals surface area contributed by atoms with Gasteiger partial charge in [-0.2, -0.15) is 26.3 Å². The van der Waals surface area contributed by atoms with Gasteiger partial charge in [-0.3, -0.25) is 13.9 Å². The van der Waals surface area contributed by atoms with Crippen LogP contribution >= 0.6 is 0 Å². The van der Waals surface area contributed by atoms with Crippen LogP contribution in [0.2, 0.25) is 0 Å². The highest BCUT2D eigenvalue weighted by Crippen LogP contribution is 2.41. The molecule has 2 N–H and O–H groups in total. The van der Waals surface area contributed by atoms with Crippen molar-refractivity contribution >= 4 is 33.2 Å². The van der Waals surface area contributed by atoms with E-state index in [1.54, 1.807) is 30.3 Å². The van der Waals surface area contributed by atoms with E-state index in [-0.39, 0.29) is 36.1 Å². The quantitative estimate of drug-likeness (QED) is 0.410. The second-order valence-electron chi connectivity index (χ2n) is 8.53. The van der Waals surface area contributed by atoms with E-state index in [0.29, 0.717) is 9.87 Å². The molecule has 0 spiro atoms. The van der Waals surface area contributed by atoms with E-state index in [4.69, 9.17) is 0 Å². The fourth-order valence-electron chi connectivity index (χ4n) is 3.97. The van der Waals surface area contributed by atoms with Gasteiger partial charge in [0.1, 0.15) is 6.04 Å². The fourth-order valence-corrected chi connectivity index (χ4v) is 5.67. The lowest BCUT2D eigenvalue weighted by atomic mass is 10.1. The number of nitrogens with one attached hydrogen (secondary N) is 2. The van der Waals surface area contributed by atoms with E-state index in [9.17, 15) is 44.3 Å². The molecule has 3 aromatic rings. The maximum atomic E-state index is 13.7. The molecule has 0 radical (unpaired) electrons. The van der Waals surface area contributed by atoms with Crippen molar-refractivity contribution in [1.29, 1.82) is 0 Å². The standard InChI is InChI=1S/C25H19F6N3O4S/c26-24(27,28)16-10-17(25(29,30)31)12-18(11-16)39(37,38)34-20-9-5-4-8-19(20)33-23(36)21(34)13-22(35)32-14-15-6-2-1-3-7-15/h1-12,21H,13-14H2,(H,32,35)(H,33,36)/t21-/m1/s1. The third-order valence-corrected chi connectivity index (χ3v) is 7.61. The zero-order chi connectivity index (χ0) is 28.6. The number of amides is 2. The number of rotatable bonds is 6. The summed E-state index contributed by atoms with van der Waals surface area (Å²) in [4.78, 5) is 24.3. The Bertz CT molecular complexity index is 1480. The SMILES string of the molecule is O=C(C[C@@H]1C(=O)Nc2ccccc2N1S(=O)(=O)c1cc(C(F)(F)F)cc(C(F)(F)F)c1)NCc1ccccc1. The van der Waals surface area contributed by atoms with Crippen molar-refractivity contribution < 1.29 is 44.3 Å². The van der Waals surface area contributed by atoms with Crippen LogP contribution in [0, 0.1) is 0 Å². The largest absolute Gasteiger partial charge is 0.416 e. The van der Waals surface area contributed by atoms with Crippen molar-refractivity contribution in [3.05, 3.63) is 89.5 Å². The Balaban J connectivity index is 1.78. The van der Waals surface area contributed by atoms with Crippen molar-refractivity contribution in [2.24, 2.45) is 0 Å². The molecule has 39 heavy (non-hydrogen) atoms. The second-order valence-corrected chi connectivity index (χ2v) is 10.3. The highest BCUT2D eigenvalue weighted by molar-refractivity contribution is 7.93. The number of hydrogen-bond acceptors (Lipinski definition) is 4. The highest BCUT2D eigenvalue weighted by atomic mass is 32.2. The molecule has 0 saturated carbocycles. The zero-order valence-corrected chi connectivity index (χ0v) is 20.5. The summed E-state index contributed by atoms with van der Waals surface area (Å²) in [5.41, 5.74) is -3.29. The van der Waals surface area contributed by atoms with E-state index < -0.39 is 62.7 Å². The highest BCUT2D eigenvalue weighted by Gasteiger charge is 2.44. The molecule has 0 aliphatic carbocycles. The van der Waals surface area contributed by atoms with Crippen molar-refractivity contribution in [2.75, 3.05) is 9.62 Å². The van der Waals surface area contributed by atoms with E-state index in [1.807, 2.05) is 0 Å². The molecule has 4 rings (SSSR count). The molecular weight excluding hydrogens is 552 g/mol. The first-order valence-corrected chi connectivity index (χ1v) is 12.7. The Labute approximate surface area is 218 Å². The molecule has 7 nitrogen and oxygen atoms in total. The van der Waals surface area contributed by atoms with Gasteiger partial charge >= 0.3 is 12.4 Å². The minimum Gasteiger partial charge on any atom is -0.352 e. The van der Waals surface area contributed by atoms with Crippen molar-refractivity contribution in [1.82, 2.24) is 5.32 Å². The summed E-state index contributed by atoms with van der Waals surface area (Å²) in [6.45, 7) is 0.0277. The molecule has 0 unspecified atom stereocenters. The van der Waals surface area contributed by atoms with Gasteiger partial charge in [-0.25, -0.2) is 8.42 Å². The lowest BCUT2D eigenvalue weighted by Gasteiger charge is -2.36. The predicted molar refractivity (Wildman–Crippen MR) is 128 cm³/mol. The average molecular weight is 571 g/mol. The number of fused-ring (bicyclic) bond motifs is 1. The Kier molecular flexibility index (Phi) is 7.34. The molecule has 1 aliphatic heterocycles. The summed E-state index contributed by atoms with van der Waals surface area (Å²) in [5, 5.41) is 4.95. The first kappa shape index (κ1) is 28.0. The van der Waals surface area contributed by atoms with Gasteiger partial charge < -0.3 is 10.6 Å². The third kappa shape index (κ3) is 6.00. The summed E-state index contributed by atoms with van der Waals surface area (Å²) in [6.07, 6.45) is -11.4. The zero-order valence-electron chi connectivity index (χ0n) is 19.7. The van der Waals surface area contributed by atoms with Crippen LogP contribution in [-0.4, -0.2) is 26.3 Å². The molecule has 0 aromatic heterocycles. The normalized spacial score (nSPS) is 15.9. The van der Waals surface area contributed by atoms with E-state index >= 15 is 0 Å². The van der Waals surface area contributed by atoms with Gasteiger partial charge in [0.15, 0.2) is 0 Å². The van der Waals surface area contributed by atoms with Crippen molar-refractivity contribution in [2.45, 2.75) is 36.3 Å². The number of carbonyl (C=O) groups is 2. The lowest BCUT2D eigenvalue weighted by molar-refractivity contribution is -0.143. The molecule has 14 heteroatoms. The van der Waals surface area contributed by atoms with Gasteiger partial charge in [-0.05, 0) is 35.9 Å². The third-order valence-electron chi connectivity index (χ3n) is 5.81. The van der Waals surface area contributed by atoms with Gasteiger partial charge in [-0.15, -0.1) is 0 Å². The van der Waals surface area contributed by atoms with Crippen LogP contribution in [0.1, 0.15) is 23.1 Å². The van der Waals surface area contributed by atoms with Crippen LogP contribution in [0.15, 0.2) is 77.7 Å². The van der Waals surface area contributed by atoms with Crippen LogP contribution < -0.4 is 14.9 Å². The topological polar surface area (TPSA) is 95.6 Å². The van der Waals surface area contributed by atoms with Gasteiger partial charge in [0, 0.05) is 6.54 Å². The first-order valence-electron chi connectivity index (χ1n) is 11.2. The summed E-state index contributed by atoms with van der Waals surface area (Å²) in [5.74, 6) is -1.77. The summed E-state index contributed by atoms with van der Waals surface area (Å²) in [6, 6.07) is 12.0. The summed E-state index contributed by atoms with van der Waals surface area (Å²) in [7, 11) is -5.24. The monoisotopic (exact) mass is 571 g/mol. The minimum absolute atomic E-state index is 0.0277. The van der Waals surface area contributed by atoms with E-state index in [0.717, 1.165) is 0 Å². The number of halogens is 6. The second kappa shape index (κ2) is 10.2. The van der Waals surface area contributed by atoms with Crippen molar-refractivity contribution in [3.63, 3.8) is 0 Å². The number of hydrogen-bond donors (Lipinski definition) is 2. The number of nitrogens with zero attached hydrogens (tertiary/aromatic N) is 1. The fraction of sp³-hybridized carbons (Fsp3) is 0.200. The molecule has 1 atom stereocenters. The maximum Gasteiger partial charge on any atom is 0.416 e. The van der Waals surface area contributed by atoms with Crippen molar-refractivity contribution in [3.8, 4) is 0 Å². The Morgan fingerprint density at radius 1 is 0.872 bits per heavy atom. The Morgan fingerprint density at radius 3 is 2.03 bits per heavy atom. The number of carbonyl (C=O) groups excluding carboxylic acids is 2. The Hall–Kier alpha value is -4.07. The minimum atomic E-state index is -5.31. The molecular formula is C25H19F6N3O4S. The van der Waals surface area contributed by atoms with Crippen LogP contribution in [-0.2, 0) is 38.5 Å². The van der Waals surface area contributed by atoms with Gasteiger partial charge in [0.2, 0.25) is 11.8 Å². The molecule has 206 valence electrons. The van der Waals surface area contributed by atoms with Crippen LogP contribution in [0.5, 0.6) is 0 Å². The van der Waals surface area contributed by atoms with Crippen LogP contribution in [0.3, 0.4) is 0 Å². The van der Waals surface area contributed by atoms with Crippen LogP contribution in [0.4, 0.5) is 37.7 Å².